The van der Waals surface area contributed by atoms with Gasteiger partial charge in [-0.3, -0.25) is 4.79 Å². The van der Waals surface area contributed by atoms with E-state index in [0.717, 1.165) is 10.4 Å². The predicted molar refractivity (Wildman–Crippen MR) is 130 cm³/mol. The third-order valence-electron chi connectivity index (χ3n) is 5.97. The van der Waals surface area contributed by atoms with E-state index in [-0.39, 0.29) is 5.76 Å². The number of nitrogens with one attached hydrogen (secondary N) is 1. The molecule has 1 amide bonds. The SMILES string of the molecule is COC(=O)C1=C[C@@H](O[Si](c2ccccc2)(c2ccccc2)C(C)(C)C)[C@@H](NC(C)=O)[C@H](C(=O)[O-])O1. The van der Waals surface area contributed by atoms with Crippen LogP contribution in [0.25, 0.3) is 0 Å². The monoisotopic (exact) mass is 496 g/mol. The Morgan fingerprint density at radius 2 is 1.49 bits per heavy atom. The second-order valence-electron chi connectivity index (χ2n) is 9.35. The number of amides is 1. The van der Waals surface area contributed by atoms with Crippen LogP contribution in [0.3, 0.4) is 0 Å². The average Bonchev–Trinajstić information content (AvgIpc) is 2.82. The van der Waals surface area contributed by atoms with Gasteiger partial charge in [-0.25, -0.2) is 4.79 Å². The van der Waals surface area contributed by atoms with Gasteiger partial charge >= 0.3 is 5.97 Å². The smallest absolute Gasteiger partial charge is 0.373 e. The normalized spacial score (nSPS) is 20.3. The van der Waals surface area contributed by atoms with Crippen molar-refractivity contribution in [2.75, 3.05) is 7.11 Å². The molecule has 0 radical (unpaired) electrons. The van der Waals surface area contributed by atoms with E-state index in [2.05, 4.69) is 26.1 Å². The second kappa shape index (κ2) is 10.5. The number of carboxylic acid groups (broad SMARTS) is 1. The van der Waals surface area contributed by atoms with Crippen molar-refractivity contribution in [3.63, 3.8) is 0 Å². The lowest BCUT2D eigenvalue weighted by atomic mass is 10.0. The summed E-state index contributed by atoms with van der Waals surface area (Å²) in [6.45, 7) is 7.46. The zero-order valence-corrected chi connectivity index (χ0v) is 21.4. The number of ether oxygens (including phenoxy) is 2. The van der Waals surface area contributed by atoms with Crippen molar-refractivity contribution in [2.24, 2.45) is 0 Å². The minimum absolute atomic E-state index is 0.314. The molecule has 0 fully saturated rings. The maximum absolute atomic E-state index is 12.4. The number of hydrogen-bond donors (Lipinski definition) is 1. The highest BCUT2D eigenvalue weighted by Crippen LogP contribution is 2.39. The number of hydrogen-bond acceptors (Lipinski definition) is 7. The quantitative estimate of drug-likeness (QED) is 0.442. The molecular formula is C26H30NO7Si-. The minimum atomic E-state index is -3.19. The molecule has 0 aliphatic carbocycles. The van der Waals surface area contributed by atoms with E-state index in [4.69, 9.17) is 13.9 Å². The summed E-state index contributed by atoms with van der Waals surface area (Å²) >= 11 is 0. The van der Waals surface area contributed by atoms with Crippen LogP contribution in [-0.2, 0) is 28.3 Å². The van der Waals surface area contributed by atoms with E-state index >= 15 is 0 Å². The molecule has 3 rings (SSSR count). The van der Waals surface area contributed by atoms with Crippen LogP contribution in [0.15, 0.2) is 72.5 Å². The molecule has 8 nitrogen and oxygen atoms in total. The molecule has 0 aromatic heterocycles. The minimum Gasteiger partial charge on any atom is -0.546 e. The number of carbonyl (C=O) groups is 3. The van der Waals surface area contributed by atoms with E-state index in [1.165, 1.54) is 20.1 Å². The molecule has 1 aliphatic heterocycles. The topological polar surface area (TPSA) is 114 Å². The lowest BCUT2D eigenvalue weighted by molar-refractivity contribution is -0.317. The molecule has 186 valence electrons. The lowest BCUT2D eigenvalue weighted by Crippen LogP contribution is -2.70. The second-order valence-corrected chi connectivity index (χ2v) is 13.6. The Hall–Kier alpha value is -3.43. The van der Waals surface area contributed by atoms with Gasteiger partial charge in [0.25, 0.3) is 8.32 Å². The highest BCUT2D eigenvalue weighted by Gasteiger charge is 2.53. The van der Waals surface area contributed by atoms with Gasteiger partial charge in [0.2, 0.25) is 11.7 Å². The van der Waals surface area contributed by atoms with E-state index in [9.17, 15) is 19.5 Å². The van der Waals surface area contributed by atoms with E-state index in [1.807, 2.05) is 60.7 Å². The first-order chi connectivity index (χ1) is 16.5. The summed E-state index contributed by atoms with van der Waals surface area (Å²) in [7, 11) is -2.02. The highest BCUT2D eigenvalue weighted by molar-refractivity contribution is 6.99. The van der Waals surface area contributed by atoms with Crippen molar-refractivity contribution >= 4 is 36.5 Å². The van der Waals surface area contributed by atoms with Crippen LogP contribution in [-0.4, -0.2) is 51.5 Å². The van der Waals surface area contributed by atoms with Gasteiger partial charge in [0, 0.05) is 6.92 Å². The number of esters is 1. The van der Waals surface area contributed by atoms with Crippen LogP contribution >= 0.6 is 0 Å². The lowest BCUT2D eigenvalue weighted by Gasteiger charge is -2.47. The molecule has 2 aromatic carbocycles. The number of rotatable bonds is 7. The highest BCUT2D eigenvalue weighted by atomic mass is 28.4. The molecule has 0 unspecified atom stereocenters. The largest absolute Gasteiger partial charge is 0.546 e. The summed E-state index contributed by atoms with van der Waals surface area (Å²) in [4.78, 5) is 36.5. The van der Waals surface area contributed by atoms with Crippen molar-refractivity contribution in [3.05, 3.63) is 72.5 Å². The molecule has 0 saturated heterocycles. The van der Waals surface area contributed by atoms with Crippen LogP contribution in [0.4, 0.5) is 0 Å². The fourth-order valence-electron chi connectivity index (χ4n) is 4.48. The van der Waals surface area contributed by atoms with E-state index < -0.39 is 49.5 Å². The summed E-state index contributed by atoms with van der Waals surface area (Å²) in [5, 5.41) is 16.1. The van der Waals surface area contributed by atoms with Crippen molar-refractivity contribution in [2.45, 2.75) is 51.0 Å². The third-order valence-corrected chi connectivity index (χ3v) is 11.0. The first kappa shape index (κ1) is 26.2. The van der Waals surface area contributed by atoms with Crippen LogP contribution in [0.1, 0.15) is 27.7 Å². The zero-order chi connectivity index (χ0) is 25.8. The van der Waals surface area contributed by atoms with E-state index in [0.29, 0.717) is 0 Å². The predicted octanol–water partition coefficient (Wildman–Crippen LogP) is 0.642. The van der Waals surface area contributed by atoms with Gasteiger partial charge in [-0.15, -0.1) is 0 Å². The molecule has 1 aliphatic rings. The van der Waals surface area contributed by atoms with Gasteiger partial charge in [0.05, 0.1) is 25.2 Å². The number of carbonyl (C=O) groups excluding carboxylic acids is 3. The van der Waals surface area contributed by atoms with Gasteiger partial charge in [-0.05, 0) is 21.5 Å². The first-order valence-corrected chi connectivity index (χ1v) is 13.2. The molecule has 2 aromatic rings. The fraction of sp³-hybridized carbons (Fsp3) is 0.346. The summed E-state index contributed by atoms with van der Waals surface area (Å²) in [6, 6.07) is 18.3. The van der Waals surface area contributed by atoms with Crippen molar-refractivity contribution < 1.29 is 33.4 Å². The summed E-state index contributed by atoms with van der Waals surface area (Å²) in [5.74, 6) is -3.23. The number of carboxylic acids is 1. The van der Waals surface area contributed by atoms with Crippen molar-refractivity contribution in [1.29, 1.82) is 0 Å². The Balaban J connectivity index is 2.28. The van der Waals surface area contributed by atoms with Crippen LogP contribution in [0.5, 0.6) is 0 Å². The maximum atomic E-state index is 12.4. The van der Waals surface area contributed by atoms with Gasteiger partial charge in [0.1, 0.15) is 0 Å². The van der Waals surface area contributed by atoms with Gasteiger partial charge in [-0.2, -0.15) is 0 Å². The molecule has 9 heteroatoms. The Labute approximate surface area is 206 Å². The first-order valence-electron chi connectivity index (χ1n) is 11.2. The molecule has 0 spiro atoms. The van der Waals surface area contributed by atoms with Crippen molar-refractivity contribution in [3.8, 4) is 0 Å². The molecule has 1 N–H and O–H groups in total. The summed E-state index contributed by atoms with van der Waals surface area (Å²) in [6.07, 6.45) is -1.32. The van der Waals surface area contributed by atoms with Crippen LogP contribution in [0.2, 0.25) is 5.04 Å². The summed E-state index contributed by atoms with van der Waals surface area (Å²) in [5.41, 5.74) is 0. The standard InChI is InChI=1S/C26H31NO7Si/c1-17(28)27-22-20(16-21(25(31)32-5)33-23(22)24(29)30)34-35(26(2,3)4,18-12-8-6-9-13-18)19-14-10-7-11-15-19/h6-16,20,22-23H,1-5H3,(H,27,28)(H,29,30)/p-1/t20-,22-,23-/m1/s1. The van der Waals surface area contributed by atoms with Gasteiger partial charge < -0.3 is 29.1 Å². The number of aliphatic carboxylic acids is 1. The Morgan fingerprint density at radius 1 is 0.971 bits per heavy atom. The fourth-order valence-corrected chi connectivity index (χ4v) is 9.12. The third kappa shape index (κ3) is 5.31. The zero-order valence-electron chi connectivity index (χ0n) is 20.4. The molecule has 1 heterocycles. The number of benzene rings is 2. The average molecular weight is 497 g/mol. The Morgan fingerprint density at radius 3 is 1.89 bits per heavy atom. The molecule has 3 atom stereocenters. The maximum Gasteiger partial charge on any atom is 0.373 e. The van der Waals surface area contributed by atoms with Crippen LogP contribution in [0, 0.1) is 0 Å². The molecule has 0 bridgehead atoms. The Bertz CT molecular complexity index is 1060. The summed E-state index contributed by atoms with van der Waals surface area (Å²) < 4.78 is 17.2. The molecule has 35 heavy (non-hydrogen) atoms. The molecule has 0 saturated carbocycles. The van der Waals surface area contributed by atoms with Gasteiger partial charge in [0.15, 0.2) is 6.10 Å². The van der Waals surface area contributed by atoms with Gasteiger partial charge in [-0.1, -0.05) is 81.4 Å². The van der Waals surface area contributed by atoms with Crippen LogP contribution < -0.4 is 20.8 Å². The van der Waals surface area contributed by atoms with Crippen molar-refractivity contribution in [1.82, 2.24) is 5.32 Å². The Kier molecular flexibility index (Phi) is 7.82. The molecular weight excluding hydrogens is 466 g/mol. The number of methoxy groups -OCH3 is 1. The van der Waals surface area contributed by atoms with E-state index in [1.54, 1.807) is 0 Å².